The normalized spacial score (nSPS) is 17.6. The molecule has 1 saturated heterocycles. The summed E-state index contributed by atoms with van der Waals surface area (Å²) in [5, 5.41) is 4.50. The predicted molar refractivity (Wildman–Crippen MR) is 142 cm³/mol. The van der Waals surface area contributed by atoms with Crippen molar-refractivity contribution in [2.24, 2.45) is 5.92 Å². The Morgan fingerprint density at radius 2 is 1.94 bits per heavy atom. The highest BCUT2D eigenvalue weighted by Gasteiger charge is 2.27. The fourth-order valence-corrected chi connectivity index (χ4v) is 5.86. The minimum absolute atomic E-state index is 0.00241. The van der Waals surface area contributed by atoms with Gasteiger partial charge >= 0.3 is 0 Å². The van der Waals surface area contributed by atoms with Gasteiger partial charge < -0.3 is 19.5 Å². The van der Waals surface area contributed by atoms with Crippen LogP contribution in [0, 0.1) is 5.92 Å². The molecule has 3 heterocycles. The second kappa shape index (κ2) is 11.6. The number of amides is 1. The lowest BCUT2D eigenvalue weighted by Gasteiger charge is -2.31. The number of ketones is 1. The van der Waals surface area contributed by atoms with E-state index in [9.17, 15) is 9.59 Å². The Hall–Kier alpha value is -2.65. The molecule has 0 saturated carbocycles. The quantitative estimate of drug-likeness (QED) is 0.288. The highest BCUT2D eigenvalue weighted by molar-refractivity contribution is 7.20. The number of thiophene rings is 1. The number of ether oxygens (including phenoxy) is 3. The van der Waals surface area contributed by atoms with E-state index in [1.165, 1.54) is 31.6 Å². The molecular weight excluding hydrogens is 523 g/mol. The van der Waals surface area contributed by atoms with Crippen molar-refractivity contribution in [2.45, 2.75) is 25.3 Å². The Balaban J connectivity index is 1.54. The van der Waals surface area contributed by atoms with E-state index in [0.717, 1.165) is 22.2 Å². The number of carbonyl (C=O) groups is 2. The molecule has 1 aliphatic rings. The number of methoxy groups -OCH3 is 2. The van der Waals surface area contributed by atoms with Crippen LogP contribution in [0.15, 0.2) is 37.1 Å². The Morgan fingerprint density at radius 3 is 2.61 bits per heavy atom. The lowest BCUT2D eigenvalue weighted by molar-refractivity contribution is -0.118. The molecular formula is C26H26Cl2N2O5S. The Bertz CT molecular complexity index is 1280. The minimum Gasteiger partial charge on any atom is -0.495 e. The molecule has 36 heavy (non-hydrogen) atoms. The van der Waals surface area contributed by atoms with Gasteiger partial charge in [-0.25, -0.2) is 0 Å². The van der Waals surface area contributed by atoms with Gasteiger partial charge in [-0.15, -0.1) is 11.3 Å². The SMILES string of the molecule is C=CC(=O)NC1CCOCC1Cc1cc2cc(C(=O)Cc3c(Cl)c(OC)cc(OC)c3Cl)sc2cn1. The number of benzene rings is 1. The van der Waals surface area contributed by atoms with Crippen LogP contribution in [0.2, 0.25) is 10.0 Å². The van der Waals surface area contributed by atoms with Gasteiger partial charge in [-0.2, -0.15) is 0 Å². The van der Waals surface area contributed by atoms with Crippen LogP contribution in [0.1, 0.15) is 27.3 Å². The van der Waals surface area contributed by atoms with E-state index in [4.69, 9.17) is 37.4 Å². The van der Waals surface area contributed by atoms with Gasteiger partial charge in [0.25, 0.3) is 0 Å². The summed E-state index contributed by atoms with van der Waals surface area (Å²) in [6.45, 7) is 4.68. The fraction of sp³-hybridized carbons (Fsp3) is 0.346. The zero-order chi connectivity index (χ0) is 25.8. The summed E-state index contributed by atoms with van der Waals surface area (Å²) in [5.74, 6) is 0.565. The maximum absolute atomic E-state index is 13.2. The number of hydrogen-bond donors (Lipinski definition) is 1. The molecule has 0 bridgehead atoms. The van der Waals surface area contributed by atoms with E-state index in [2.05, 4.69) is 16.9 Å². The topological polar surface area (TPSA) is 86.8 Å². The number of pyridine rings is 1. The standard InChI is InChI=1S/C26H26Cl2N2O5S/c1-4-24(32)30-18-5-6-35-13-15(18)8-16-7-14-9-22(36-23(14)12-29-16)19(31)10-17-25(27)20(33-2)11-21(34-3)26(17)28/h4,7,9,11-12,15,18H,1,5-6,8,10,13H2,2-3H3,(H,30,32). The average Bonchev–Trinajstić information content (AvgIpc) is 3.31. The molecule has 1 fully saturated rings. The lowest BCUT2D eigenvalue weighted by atomic mass is 9.91. The summed E-state index contributed by atoms with van der Waals surface area (Å²) in [6, 6.07) is 5.44. The Morgan fingerprint density at radius 1 is 1.22 bits per heavy atom. The van der Waals surface area contributed by atoms with Crippen LogP contribution in [-0.4, -0.2) is 50.1 Å². The van der Waals surface area contributed by atoms with Crippen LogP contribution in [0.3, 0.4) is 0 Å². The Labute approximate surface area is 223 Å². The van der Waals surface area contributed by atoms with E-state index in [0.29, 0.717) is 41.6 Å². The molecule has 2 atom stereocenters. The van der Waals surface area contributed by atoms with E-state index in [-0.39, 0.29) is 40.1 Å². The second-order valence-electron chi connectivity index (χ2n) is 8.46. The van der Waals surface area contributed by atoms with Gasteiger partial charge in [0.2, 0.25) is 5.91 Å². The number of nitrogens with zero attached hydrogens (tertiary/aromatic N) is 1. The molecule has 3 aromatic rings. The molecule has 1 aliphatic heterocycles. The number of fused-ring (bicyclic) bond motifs is 1. The molecule has 190 valence electrons. The summed E-state index contributed by atoms with van der Waals surface area (Å²) in [4.78, 5) is 30.2. The first kappa shape index (κ1) is 26.4. The highest BCUT2D eigenvalue weighted by atomic mass is 35.5. The maximum atomic E-state index is 13.2. The molecule has 7 nitrogen and oxygen atoms in total. The summed E-state index contributed by atoms with van der Waals surface area (Å²) >= 11 is 14.3. The largest absolute Gasteiger partial charge is 0.495 e. The monoisotopic (exact) mass is 548 g/mol. The highest BCUT2D eigenvalue weighted by Crippen LogP contribution is 2.41. The van der Waals surface area contributed by atoms with Gasteiger partial charge in [0.15, 0.2) is 5.78 Å². The first-order valence-corrected chi connectivity index (χ1v) is 12.9. The van der Waals surface area contributed by atoms with Gasteiger partial charge in [-0.05, 0) is 36.4 Å². The van der Waals surface area contributed by atoms with Crippen LogP contribution in [0.5, 0.6) is 11.5 Å². The van der Waals surface area contributed by atoms with Crippen molar-refractivity contribution in [3.63, 3.8) is 0 Å². The van der Waals surface area contributed by atoms with Crippen molar-refractivity contribution in [3.8, 4) is 11.5 Å². The first-order valence-electron chi connectivity index (χ1n) is 11.4. The molecule has 2 unspecified atom stereocenters. The number of halogens is 2. The molecule has 1 N–H and O–H groups in total. The van der Waals surface area contributed by atoms with Crippen molar-refractivity contribution in [3.05, 3.63) is 63.2 Å². The number of hydrogen-bond acceptors (Lipinski definition) is 7. The van der Waals surface area contributed by atoms with Crippen LogP contribution >= 0.6 is 34.5 Å². The van der Waals surface area contributed by atoms with Crippen LogP contribution in [0.25, 0.3) is 10.1 Å². The van der Waals surface area contributed by atoms with E-state index in [1.54, 1.807) is 12.3 Å². The van der Waals surface area contributed by atoms with Crippen LogP contribution < -0.4 is 14.8 Å². The zero-order valence-electron chi connectivity index (χ0n) is 19.9. The molecule has 1 aromatic carbocycles. The third-order valence-corrected chi connectivity index (χ3v) is 8.15. The molecule has 1 amide bonds. The van der Waals surface area contributed by atoms with Crippen LogP contribution in [-0.2, 0) is 22.4 Å². The van der Waals surface area contributed by atoms with Crippen molar-refractivity contribution in [2.75, 3.05) is 27.4 Å². The molecule has 4 rings (SSSR count). The maximum Gasteiger partial charge on any atom is 0.243 e. The first-order chi connectivity index (χ1) is 17.3. The third kappa shape index (κ3) is 5.67. The third-order valence-electron chi connectivity index (χ3n) is 6.20. The summed E-state index contributed by atoms with van der Waals surface area (Å²) < 4.78 is 17.2. The predicted octanol–water partition coefficient (Wildman–Crippen LogP) is 5.30. The summed E-state index contributed by atoms with van der Waals surface area (Å²) in [6.07, 6.45) is 4.45. The molecule has 0 aliphatic carbocycles. The number of nitrogens with one attached hydrogen (secondary N) is 1. The smallest absolute Gasteiger partial charge is 0.243 e. The van der Waals surface area contributed by atoms with Gasteiger partial charge in [0.1, 0.15) is 11.5 Å². The zero-order valence-corrected chi connectivity index (χ0v) is 22.3. The number of aromatic nitrogens is 1. The van der Waals surface area contributed by atoms with Crippen LogP contribution in [0.4, 0.5) is 0 Å². The number of Topliss-reactive ketones (excluding diaryl/α,β-unsaturated/α-hetero) is 1. The van der Waals surface area contributed by atoms with E-state index >= 15 is 0 Å². The molecule has 0 radical (unpaired) electrons. The summed E-state index contributed by atoms with van der Waals surface area (Å²) in [7, 11) is 2.98. The van der Waals surface area contributed by atoms with Crippen molar-refractivity contribution in [1.82, 2.24) is 10.3 Å². The van der Waals surface area contributed by atoms with Crippen molar-refractivity contribution in [1.29, 1.82) is 0 Å². The minimum atomic E-state index is -0.190. The van der Waals surface area contributed by atoms with E-state index < -0.39 is 0 Å². The van der Waals surface area contributed by atoms with Gasteiger partial charge in [-0.1, -0.05) is 29.8 Å². The van der Waals surface area contributed by atoms with Crippen molar-refractivity contribution >= 4 is 56.3 Å². The molecule has 10 heteroatoms. The molecule has 2 aromatic heterocycles. The average molecular weight is 549 g/mol. The fourth-order valence-electron chi connectivity index (χ4n) is 4.28. The van der Waals surface area contributed by atoms with Gasteiger partial charge in [0.05, 0.1) is 40.4 Å². The van der Waals surface area contributed by atoms with E-state index in [1.807, 2.05) is 12.1 Å². The number of rotatable bonds is 9. The number of carbonyl (C=O) groups excluding carboxylic acids is 2. The van der Waals surface area contributed by atoms with Gasteiger partial charge in [-0.3, -0.25) is 14.6 Å². The Kier molecular flexibility index (Phi) is 8.51. The second-order valence-corrected chi connectivity index (χ2v) is 10.3. The summed E-state index contributed by atoms with van der Waals surface area (Å²) in [5.41, 5.74) is 1.33. The van der Waals surface area contributed by atoms with Crippen molar-refractivity contribution < 1.29 is 23.8 Å². The van der Waals surface area contributed by atoms with Gasteiger partial charge in [0, 0.05) is 48.5 Å². The molecule has 0 spiro atoms. The lowest BCUT2D eigenvalue weighted by Crippen LogP contribution is -2.45.